The number of hydrogen-bond acceptors (Lipinski definition) is 5. The van der Waals surface area contributed by atoms with Crippen LogP contribution in [0.25, 0.3) is 0 Å². The van der Waals surface area contributed by atoms with Crippen LogP contribution in [0.1, 0.15) is 0 Å². The van der Waals surface area contributed by atoms with Crippen LogP contribution in [0.4, 0.5) is 10.1 Å². The molecule has 0 aliphatic carbocycles. The molecule has 0 spiro atoms. The van der Waals surface area contributed by atoms with E-state index in [4.69, 9.17) is 21.1 Å². The number of anilines is 1. The molecular weight excluding hydrogens is 471 g/mol. The number of rotatable bonds is 10. The van der Waals surface area contributed by atoms with Crippen molar-refractivity contribution in [1.82, 2.24) is 5.32 Å². The van der Waals surface area contributed by atoms with Gasteiger partial charge in [0.1, 0.15) is 30.5 Å². The van der Waals surface area contributed by atoms with Crippen molar-refractivity contribution in [2.24, 2.45) is 0 Å². The van der Waals surface area contributed by atoms with Gasteiger partial charge in [-0.1, -0.05) is 17.7 Å². The molecule has 0 fully saturated rings. The van der Waals surface area contributed by atoms with Gasteiger partial charge in [-0.2, -0.15) is 0 Å². The monoisotopic (exact) mass is 492 g/mol. The minimum atomic E-state index is -4.08. The lowest BCUT2D eigenvalue weighted by Crippen LogP contribution is -2.41. The molecule has 174 valence electrons. The first-order chi connectivity index (χ1) is 15.8. The Morgan fingerprint density at radius 3 is 2.33 bits per heavy atom. The van der Waals surface area contributed by atoms with Crippen molar-refractivity contribution in [3.05, 3.63) is 83.6 Å². The summed E-state index contributed by atoms with van der Waals surface area (Å²) in [4.78, 5) is 12.6. The molecule has 0 radical (unpaired) electrons. The molecule has 0 saturated carbocycles. The van der Waals surface area contributed by atoms with Crippen LogP contribution in [-0.2, 0) is 14.8 Å². The summed E-state index contributed by atoms with van der Waals surface area (Å²) < 4.78 is 51.1. The van der Waals surface area contributed by atoms with Crippen molar-refractivity contribution in [3.8, 4) is 11.5 Å². The topological polar surface area (TPSA) is 84.9 Å². The van der Waals surface area contributed by atoms with E-state index < -0.39 is 22.5 Å². The Labute approximate surface area is 196 Å². The Hall–Kier alpha value is -3.30. The van der Waals surface area contributed by atoms with Crippen molar-refractivity contribution >= 4 is 33.2 Å². The Balaban J connectivity index is 1.71. The number of benzene rings is 3. The summed E-state index contributed by atoms with van der Waals surface area (Å²) in [6.45, 7) is -0.215. The van der Waals surface area contributed by atoms with Gasteiger partial charge in [0.25, 0.3) is 10.0 Å². The molecule has 0 heterocycles. The number of methoxy groups -OCH3 is 1. The number of sulfonamides is 1. The molecule has 3 aromatic carbocycles. The molecule has 0 atom stereocenters. The van der Waals surface area contributed by atoms with E-state index in [0.29, 0.717) is 16.5 Å². The first-order valence-corrected chi connectivity index (χ1v) is 11.7. The van der Waals surface area contributed by atoms with Crippen LogP contribution in [0.15, 0.2) is 77.7 Å². The number of nitrogens with one attached hydrogen (secondary N) is 1. The maximum atomic E-state index is 13.3. The van der Waals surface area contributed by atoms with Gasteiger partial charge in [0, 0.05) is 5.02 Å². The number of carbonyl (C=O) groups is 1. The average molecular weight is 493 g/mol. The standard InChI is InChI=1S/C23H22ClFN2O5S/c1-31-20-9-11-22(12-10-20)33(29,30)27(19-4-2-3-17(24)15-19)16-23(28)26-13-14-32-21-7-5-18(25)6-8-21/h2-12,15H,13-14,16H2,1H3,(H,26,28). The van der Waals surface area contributed by atoms with E-state index in [0.717, 1.165) is 4.31 Å². The summed E-state index contributed by atoms with van der Waals surface area (Å²) in [5.41, 5.74) is 0.246. The maximum absolute atomic E-state index is 13.3. The molecule has 0 unspecified atom stereocenters. The molecule has 0 aromatic heterocycles. The number of hydrogen-bond donors (Lipinski definition) is 1. The molecule has 3 aromatic rings. The number of halogens is 2. The second kappa shape index (κ2) is 11.0. The largest absolute Gasteiger partial charge is 0.497 e. The van der Waals surface area contributed by atoms with Gasteiger partial charge in [-0.15, -0.1) is 0 Å². The lowest BCUT2D eigenvalue weighted by molar-refractivity contribution is -0.119. The summed E-state index contributed by atoms with van der Waals surface area (Å²) in [7, 11) is -2.60. The summed E-state index contributed by atoms with van der Waals surface area (Å²) in [6, 6.07) is 17.6. The zero-order valence-electron chi connectivity index (χ0n) is 17.7. The Bertz CT molecular complexity index is 1190. The van der Waals surface area contributed by atoms with Crippen LogP contribution >= 0.6 is 11.6 Å². The van der Waals surface area contributed by atoms with Gasteiger partial charge >= 0.3 is 0 Å². The van der Waals surface area contributed by atoms with Crippen LogP contribution in [0.2, 0.25) is 5.02 Å². The van der Waals surface area contributed by atoms with Gasteiger partial charge in [0.15, 0.2) is 0 Å². The molecule has 10 heteroatoms. The number of ether oxygens (including phenoxy) is 2. The van der Waals surface area contributed by atoms with Crippen LogP contribution in [0.5, 0.6) is 11.5 Å². The summed E-state index contributed by atoms with van der Waals surface area (Å²) in [5.74, 6) is 0.0417. The number of carbonyl (C=O) groups excluding carboxylic acids is 1. The lowest BCUT2D eigenvalue weighted by atomic mass is 10.3. The van der Waals surface area contributed by atoms with E-state index in [-0.39, 0.29) is 29.6 Å². The SMILES string of the molecule is COc1ccc(S(=O)(=O)N(CC(=O)NCCOc2ccc(F)cc2)c2cccc(Cl)c2)cc1. The van der Waals surface area contributed by atoms with Crippen molar-refractivity contribution in [1.29, 1.82) is 0 Å². The first kappa shape index (κ1) is 24.3. The molecular formula is C23H22ClFN2O5S. The second-order valence-electron chi connectivity index (χ2n) is 6.82. The smallest absolute Gasteiger partial charge is 0.264 e. The van der Waals surface area contributed by atoms with Crippen LogP contribution in [0.3, 0.4) is 0 Å². The predicted molar refractivity (Wildman–Crippen MR) is 124 cm³/mol. The van der Waals surface area contributed by atoms with E-state index in [1.807, 2.05) is 0 Å². The molecule has 0 aliphatic rings. The highest BCUT2D eigenvalue weighted by Crippen LogP contribution is 2.27. The van der Waals surface area contributed by atoms with Crippen LogP contribution in [-0.4, -0.2) is 41.1 Å². The number of amides is 1. The maximum Gasteiger partial charge on any atom is 0.264 e. The lowest BCUT2D eigenvalue weighted by Gasteiger charge is -2.24. The minimum absolute atomic E-state index is 0.00396. The molecule has 1 amide bonds. The Kier molecular flexibility index (Phi) is 8.13. The Morgan fingerprint density at radius 1 is 1.03 bits per heavy atom. The fourth-order valence-electron chi connectivity index (χ4n) is 2.90. The van der Waals surface area contributed by atoms with E-state index >= 15 is 0 Å². The van der Waals surface area contributed by atoms with Crippen LogP contribution < -0.4 is 19.1 Å². The predicted octanol–water partition coefficient (Wildman–Crippen LogP) is 3.88. The molecule has 0 saturated heterocycles. The van der Waals surface area contributed by atoms with Gasteiger partial charge < -0.3 is 14.8 Å². The highest BCUT2D eigenvalue weighted by molar-refractivity contribution is 7.92. The zero-order chi connectivity index (χ0) is 23.8. The normalized spacial score (nSPS) is 11.0. The molecule has 1 N–H and O–H groups in total. The van der Waals surface area contributed by atoms with E-state index in [2.05, 4.69) is 5.32 Å². The highest BCUT2D eigenvalue weighted by Gasteiger charge is 2.27. The van der Waals surface area contributed by atoms with Gasteiger partial charge in [-0.05, 0) is 66.7 Å². The van der Waals surface area contributed by atoms with Gasteiger partial charge in [0.05, 0.1) is 24.2 Å². The Morgan fingerprint density at radius 2 is 1.70 bits per heavy atom. The quantitative estimate of drug-likeness (QED) is 0.434. The van der Waals surface area contributed by atoms with E-state index in [1.165, 1.54) is 61.7 Å². The van der Waals surface area contributed by atoms with Crippen molar-refractivity contribution in [2.45, 2.75) is 4.90 Å². The zero-order valence-corrected chi connectivity index (χ0v) is 19.3. The highest BCUT2D eigenvalue weighted by atomic mass is 35.5. The molecule has 3 rings (SSSR count). The molecule has 0 aliphatic heterocycles. The third-order valence-corrected chi connectivity index (χ3v) is 6.56. The van der Waals surface area contributed by atoms with Gasteiger partial charge in [-0.25, -0.2) is 12.8 Å². The minimum Gasteiger partial charge on any atom is -0.497 e. The van der Waals surface area contributed by atoms with Gasteiger partial charge in [0.2, 0.25) is 5.91 Å². The third kappa shape index (κ3) is 6.59. The second-order valence-corrected chi connectivity index (χ2v) is 9.12. The third-order valence-electron chi connectivity index (χ3n) is 4.54. The number of nitrogens with zero attached hydrogens (tertiary/aromatic N) is 1. The van der Waals surface area contributed by atoms with Crippen molar-refractivity contribution < 1.29 is 27.1 Å². The molecule has 33 heavy (non-hydrogen) atoms. The summed E-state index contributed by atoms with van der Waals surface area (Å²) in [5, 5.41) is 2.95. The van der Waals surface area contributed by atoms with Crippen molar-refractivity contribution in [2.75, 3.05) is 31.1 Å². The van der Waals surface area contributed by atoms with E-state index in [9.17, 15) is 17.6 Å². The van der Waals surface area contributed by atoms with Gasteiger partial charge in [-0.3, -0.25) is 9.10 Å². The van der Waals surface area contributed by atoms with Crippen LogP contribution in [0, 0.1) is 5.82 Å². The fraction of sp³-hybridized carbons (Fsp3) is 0.174. The first-order valence-electron chi connectivity index (χ1n) is 9.87. The molecule has 7 nitrogen and oxygen atoms in total. The average Bonchev–Trinajstić information content (AvgIpc) is 2.81. The molecule has 0 bridgehead atoms. The summed E-state index contributed by atoms with van der Waals surface area (Å²) in [6.07, 6.45) is 0. The van der Waals surface area contributed by atoms with Crippen molar-refractivity contribution in [3.63, 3.8) is 0 Å². The summed E-state index contributed by atoms with van der Waals surface area (Å²) >= 11 is 6.05. The van der Waals surface area contributed by atoms with E-state index in [1.54, 1.807) is 18.2 Å². The fourth-order valence-corrected chi connectivity index (χ4v) is 4.50.